The van der Waals surface area contributed by atoms with E-state index < -0.39 is 0 Å². The molecule has 0 aromatic heterocycles. The summed E-state index contributed by atoms with van der Waals surface area (Å²) in [6, 6.07) is 5.54. The summed E-state index contributed by atoms with van der Waals surface area (Å²) in [4.78, 5) is 14.1. The molecule has 1 rings (SSSR count). The topological polar surface area (TPSA) is 46.3 Å². The van der Waals surface area contributed by atoms with Crippen molar-refractivity contribution in [1.29, 1.82) is 0 Å². The van der Waals surface area contributed by atoms with Gasteiger partial charge in [0, 0.05) is 16.6 Å². The van der Waals surface area contributed by atoms with Gasteiger partial charge in [0.25, 0.3) is 5.91 Å². The number of nitrogens with zero attached hydrogens (tertiary/aromatic N) is 1. The lowest BCUT2D eigenvalue weighted by molar-refractivity contribution is 0.0788. The summed E-state index contributed by atoms with van der Waals surface area (Å²) in [6.07, 6.45) is 0. The maximum atomic E-state index is 12.2. The van der Waals surface area contributed by atoms with Crippen LogP contribution in [0.4, 0.5) is 0 Å². The van der Waals surface area contributed by atoms with Gasteiger partial charge >= 0.3 is 0 Å². The summed E-state index contributed by atoms with van der Waals surface area (Å²) in [5.41, 5.74) is 7.20. The number of carbonyl (C=O) groups excluding carboxylic acids is 1. The molecule has 1 aromatic carbocycles. The second-order valence-corrected chi connectivity index (χ2v) is 5.13. The first-order valence-corrected chi connectivity index (χ1v) is 6.49. The molecule has 2 N–H and O–H groups in total. The van der Waals surface area contributed by atoms with Crippen LogP contribution in [0.2, 0.25) is 0 Å². The highest BCUT2D eigenvalue weighted by Gasteiger charge is 2.15. The molecule has 5 heteroatoms. The maximum absolute atomic E-state index is 12.2. The smallest absolute Gasteiger partial charge is 0.254 e. The van der Waals surface area contributed by atoms with Gasteiger partial charge in [-0.1, -0.05) is 34.2 Å². The lowest BCUT2D eigenvalue weighted by Crippen LogP contribution is -2.37. The minimum Gasteiger partial charge on any atom is -0.392 e. The molecule has 0 aliphatic heterocycles. The summed E-state index contributed by atoms with van der Waals surface area (Å²) in [5.74, 6) is -0.0546. The van der Waals surface area contributed by atoms with Crippen LogP contribution in [0.25, 0.3) is 0 Å². The predicted octanol–water partition coefficient (Wildman–Crippen LogP) is 2.51. The molecule has 1 aromatic rings. The van der Waals surface area contributed by atoms with E-state index in [0.29, 0.717) is 23.6 Å². The third-order valence-corrected chi connectivity index (χ3v) is 3.42. The zero-order valence-electron chi connectivity index (χ0n) is 9.87. The van der Waals surface area contributed by atoms with Gasteiger partial charge in [-0.2, -0.15) is 0 Å². The Hall–Kier alpha value is -0.940. The van der Waals surface area contributed by atoms with Gasteiger partial charge in [-0.3, -0.25) is 4.79 Å². The van der Waals surface area contributed by atoms with Crippen LogP contribution in [-0.4, -0.2) is 28.9 Å². The van der Waals surface area contributed by atoms with Gasteiger partial charge in [-0.05, 0) is 31.5 Å². The van der Waals surface area contributed by atoms with Gasteiger partial charge in [-0.15, -0.1) is 0 Å². The molecule has 0 radical (unpaired) electrons. The van der Waals surface area contributed by atoms with E-state index in [1.807, 2.05) is 32.0 Å². The van der Waals surface area contributed by atoms with Gasteiger partial charge in [0.05, 0.1) is 11.5 Å². The standard InChI is InChI=1S/C12H15BrN2OS/c1-3-15(7-11(14)17)12(16)9-5-4-8(2)10(13)6-9/h4-6H,3,7H2,1-2H3,(H2,14,17). The fraction of sp³-hybridized carbons (Fsp3) is 0.333. The molecular formula is C12H15BrN2OS. The first kappa shape index (κ1) is 14.1. The summed E-state index contributed by atoms with van der Waals surface area (Å²) in [5, 5.41) is 0. The monoisotopic (exact) mass is 314 g/mol. The molecule has 0 aliphatic rings. The highest BCUT2D eigenvalue weighted by atomic mass is 79.9. The lowest BCUT2D eigenvalue weighted by Gasteiger charge is -2.20. The Balaban J connectivity index is 2.93. The SMILES string of the molecule is CCN(CC(N)=S)C(=O)c1ccc(C)c(Br)c1. The Bertz CT molecular complexity index is 448. The second kappa shape index (κ2) is 6.12. The number of thiocarbonyl (C=S) groups is 1. The molecule has 0 fully saturated rings. The van der Waals surface area contributed by atoms with Gasteiger partial charge in [0.2, 0.25) is 0 Å². The molecule has 1 amide bonds. The van der Waals surface area contributed by atoms with Gasteiger partial charge in [0.15, 0.2) is 0 Å². The first-order chi connectivity index (χ1) is 7.95. The molecular weight excluding hydrogens is 300 g/mol. The minimum atomic E-state index is -0.0546. The summed E-state index contributed by atoms with van der Waals surface area (Å²) in [7, 11) is 0. The number of carbonyl (C=O) groups is 1. The molecule has 0 heterocycles. The number of hydrogen-bond donors (Lipinski definition) is 1. The molecule has 92 valence electrons. The number of rotatable bonds is 4. The van der Waals surface area contributed by atoms with Crippen LogP contribution >= 0.6 is 28.1 Å². The first-order valence-electron chi connectivity index (χ1n) is 5.29. The number of aryl methyl sites for hydroxylation is 1. The van der Waals surface area contributed by atoms with Crippen LogP contribution < -0.4 is 5.73 Å². The normalized spacial score (nSPS) is 10.1. The van der Waals surface area contributed by atoms with Crippen LogP contribution in [0, 0.1) is 6.92 Å². The van der Waals surface area contributed by atoms with Crippen LogP contribution in [-0.2, 0) is 0 Å². The maximum Gasteiger partial charge on any atom is 0.254 e. The van der Waals surface area contributed by atoms with E-state index in [0.717, 1.165) is 10.0 Å². The number of nitrogens with two attached hydrogens (primary N) is 1. The van der Waals surface area contributed by atoms with E-state index in [2.05, 4.69) is 15.9 Å². The van der Waals surface area contributed by atoms with E-state index in [9.17, 15) is 4.79 Å². The zero-order valence-corrected chi connectivity index (χ0v) is 12.3. The van der Waals surface area contributed by atoms with E-state index in [1.165, 1.54) is 0 Å². The molecule has 0 atom stereocenters. The van der Waals surface area contributed by atoms with Crippen LogP contribution in [0.15, 0.2) is 22.7 Å². The minimum absolute atomic E-state index is 0.0546. The van der Waals surface area contributed by atoms with Crippen molar-refractivity contribution in [3.63, 3.8) is 0 Å². The van der Waals surface area contributed by atoms with Gasteiger partial charge < -0.3 is 10.6 Å². The van der Waals surface area contributed by atoms with Crippen molar-refractivity contribution in [1.82, 2.24) is 4.90 Å². The van der Waals surface area contributed by atoms with E-state index in [-0.39, 0.29) is 5.91 Å². The van der Waals surface area contributed by atoms with Crippen molar-refractivity contribution in [2.24, 2.45) is 5.73 Å². The van der Waals surface area contributed by atoms with Crippen LogP contribution in [0.5, 0.6) is 0 Å². The molecule has 0 spiro atoms. The van der Waals surface area contributed by atoms with Crippen molar-refractivity contribution < 1.29 is 4.79 Å². The third-order valence-electron chi connectivity index (χ3n) is 2.43. The van der Waals surface area contributed by atoms with Crippen LogP contribution in [0.3, 0.4) is 0 Å². The lowest BCUT2D eigenvalue weighted by atomic mass is 10.1. The number of likely N-dealkylation sites (N-methyl/N-ethyl adjacent to an activating group) is 1. The summed E-state index contributed by atoms with van der Waals surface area (Å²) < 4.78 is 0.926. The van der Waals surface area contributed by atoms with E-state index >= 15 is 0 Å². The second-order valence-electron chi connectivity index (χ2n) is 3.75. The van der Waals surface area contributed by atoms with Crippen molar-refractivity contribution in [2.45, 2.75) is 13.8 Å². The summed E-state index contributed by atoms with van der Waals surface area (Å²) in [6.45, 7) is 4.78. The molecule has 17 heavy (non-hydrogen) atoms. The molecule has 0 saturated carbocycles. The third kappa shape index (κ3) is 3.78. The molecule has 3 nitrogen and oxygen atoms in total. The number of benzene rings is 1. The average molecular weight is 315 g/mol. The highest BCUT2D eigenvalue weighted by molar-refractivity contribution is 9.10. The Kier molecular flexibility index (Phi) is 5.08. The fourth-order valence-electron chi connectivity index (χ4n) is 1.42. The molecule has 0 unspecified atom stereocenters. The number of amides is 1. The van der Waals surface area contributed by atoms with E-state index in [4.69, 9.17) is 18.0 Å². The fourth-order valence-corrected chi connectivity index (χ4v) is 1.96. The average Bonchev–Trinajstić information content (AvgIpc) is 2.28. The number of halogens is 1. The Morgan fingerprint density at radius 3 is 2.65 bits per heavy atom. The Labute approximate surface area is 115 Å². The van der Waals surface area contributed by atoms with Gasteiger partial charge in [-0.25, -0.2) is 0 Å². The number of hydrogen-bond acceptors (Lipinski definition) is 2. The molecule has 0 aliphatic carbocycles. The highest BCUT2D eigenvalue weighted by Crippen LogP contribution is 2.18. The summed E-state index contributed by atoms with van der Waals surface area (Å²) >= 11 is 8.24. The predicted molar refractivity (Wildman–Crippen MR) is 77.2 cm³/mol. The zero-order chi connectivity index (χ0) is 13.0. The molecule has 0 saturated heterocycles. The largest absolute Gasteiger partial charge is 0.392 e. The van der Waals surface area contributed by atoms with Crippen molar-refractivity contribution in [3.05, 3.63) is 33.8 Å². The molecule has 0 bridgehead atoms. The van der Waals surface area contributed by atoms with Crippen molar-refractivity contribution in [2.75, 3.05) is 13.1 Å². The Morgan fingerprint density at radius 1 is 1.53 bits per heavy atom. The van der Waals surface area contributed by atoms with Gasteiger partial charge in [0.1, 0.15) is 0 Å². The van der Waals surface area contributed by atoms with Crippen LogP contribution in [0.1, 0.15) is 22.8 Å². The Morgan fingerprint density at radius 2 is 2.18 bits per heavy atom. The van der Waals surface area contributed by atoms with Crippen molar-refractivity contribution >= 4 is 39.0 Å². The quantitative estimate of drug-likeness (QED) is 0.869. The van der Waals surface area contributed by atoms with E-state index in [1.54, 1.807) is 4.90 Å². The van der Waals surface area contributed by atoms with Crippen molar-refractivity contribution in [3.8, 4) is 0 Å².